The molecule has 206 valence electrons. The molecule has 0 aliphatic carbocycles. The van der Waals surface area contributed by atoms with Crippen molar-refractivity contribution in [1.82, 2.24) is 20.1 Å². The highest BCUT2D eigenvalue weighted by atomic mass is 35.5. The molecule has 0 saturated carbocycles. The van der Waals surface area contributed by atoms with Crippen molar-refractivity contribution in [3.8, 4) is 5.69 Å². The van der Waals surface area contributed by atoms with E-state index in [-0.39, 0.29) is 35.0 Å². The predicted octanol–water partition coefficient (Wildman–Crippen LogP) is 6.07. The monoisotopic (exact) mass is 598 g/mol. The molecule has 0 unspecified atom stereocenters. The Morgan fingerprint density at radius 2 is 1.80 bits per heavy atom. The lowest BCUT2D eigenvalue weighted by molar-refractivity contribution is -0.385. The minimum absolute atomic E-state index is 0.0477. The summed E-state index contributed by atoms with van der Waals surface area (Å²) in [6, 6.07) is 15.1. The maximum Gasteiger partial charge on any atom is 0.273 e. The van der Waals surface area contributed by atoms with Crippen LogP contribution in [0.3, 0.4) is 0 Å². The van der Waals surface area contributed by atoms with Crippen LogP contribution in [0.5, 0.6) is 0 Å². The molecule has 13 heteroatoms. The first kappa shape index (κ1) is 29.1. The summed E-state index contributed by atoms with van der Waals surface area (Å²) in [7, 11) is 0. The fourth-order valence-electron chi connectivity index (χ4n) is 3.90. The summed E-state index contributed by atoms with van der Waals surface area (Å²) in [5.41, 5.74) is 3.56. The number of hydrogen-bond acceptors (Lipinski definition) is 7. The number of carbonyl (C=O) groups is 2. The van der Waals surface area contributed by atoms with Crippen LogP contribution >= 0.6 is 35.0 Å². The molecule has 3 aromatic carbocycles. The van der Waals surface area contributed by atoms with Gasteiger partial charge in [0, 0.05) is 22.9 Å². The molecule has 1 aromatic heterocycles. The highest BCUT2D eigenvalue weighted by Crippen LogP contribution is 2.29. The summed E-state index contributed by atoms with van der Waals surface area (Å²) < 4.78 is 1.67. The number of aromatic nitrogens is 3. The Hall–Kier alpha value is -3.93. The molecule has 4 rings (SSSR count). The molecular weight excluding hydrogens is 575 g/mol. The second-order valence-corrected chi connectivity index (χ2v) is 10.6. The fourth-order valence-corrected chi connectivity index (χ4v) is 4.96. The average Bonchev–Trinajstić information content (AvgIpc) is 3.32. The lowest BCUT2D eigenvalue weighted by atomic mass is 10.1. The smallest absolute Gasteiger partial charge is 0.273 e. The van der Waals surface area contributed by atoms with E-state index in [1.807, 2.05) is 32.0 Å². The molecule has 0 saturated heterocycles. The van der Waals surface area contributed by atoms with Gasteiger partial charge in [0.1, 0.15) is 0 Å². The molecule has 10 nitrogen and oxygen atoms in total. The second-order valence-electron chi connectivity index (χ2n) is 8.88. The van der Waals surface area contributed by atoms with Crippen LogP contribution in [0.2, 0.25) is 10.0 Å². The Kier molecular flexibility index (Phi) is 9.08. The quantitative estimate of drug-likeness (QED) is 0.136. The highest BCUT2D eigenvalue weighted by molar-refractivity contribution is 7.99. The lowest BCUT2D eigenvalue weighted by Crippen LogP contribution is -2.25. The molecule has 4 aromatic rings. The molecule has 0 aliphatic heterocycles. The zero-order chi connectivity index (χ0) is 29.0. The van der Waals surface area contributed by atoms with Gasteiger partial charge in [0.2, 0.25) is 5.91 Å². The van der Waals surface area contributed by atoms with E-state index in [4.69, 9.17) is 23.2 Å². The van der Waals surface area contributed by atoms with E-state index >= 15 is 0 Å². The SMILES string of the molecule is Cc1ccc(C)c(NC(=O)CSc2nnc(CNC(=O)c3cccc([N+](=O)[O-])c3C)n2-c2ccc(Cl)c(Cl)c2)c1. The Labute approximate surface area is 244 Å². The van der Waals surface area contributed by atoms with Crippen LogP contribution in [0.1, 0.15) is 32.9 Å². The number of nitrogens with zero attached hydrogens (tertiary/aromatic N) is 4. The first-order valence-corrected chi connectivity index (χ1v) is 13.7. The third-order valence-electron chi connectivity index (χ3n) is 6.01. The summed E-state index contributed by atoms with van der Waals surface area (Å²) in [5.74, 6) is -0.329. The number of anilines is 1. The number of nitro groups is 1. The van der Waals surface area contributed by atoms with Crippen LogP contribution in [0.4, 0.5) is 11.4 Å². The minimum Gasteiger partial charge on any atom is -0.345 e. The van der Waals surface area contributed by atoms with Crippen molar-refractivity contribution >= 4 is 58.2 Å². The van der Waals surface area contributed by atoms with Crippen LogP contribution in [-0.4, -0.2) is 37.3 Å². The number of aryl methyl sites for hydroxylation is 2. The number of hydrogen-bond donors (Lipinski definition) is 2. The van der Waals surface area contributed by atoms with Gasteiger partial charge >= 0.3 is 0 Å². The van der Waals surface area contributed by atoms with Crippen molar-refractivity contribution in [2.24, 2.45) is 0 Å². The largest absolute Gasteiger partial charge is 0.345 e. The standard InChI is InChI=1S/C27H24Cl2N6O4S/c1-15-7-8-16(2)22(11-15)31-25(36)14-40-27-33-32-24(34(27)18-9-10-20(28)21(29)12-18)13-30-26(37)19-5-4-6-23(17(19)3)35(38)39/h4-12H,13-14H2,1-3H3,(H,30,37)(H,31,36). The predicted molar refractivity (Wildman–Crippen MR) is 156 cm³/mol. The van der Waals surface area contributed by atoms with Crippen molar-refractivity contribution in [3.05, 3.63) is 103 Å². The molecule has 0 fully saturated rings. The average molecular weight is 600 g/mol. The Morgan fingerprint density at radius 1 is 1.02 bits per heavy atom. The van der Waals surface area contributed by atoms with Crippen molar-refractivity contribution in [1.29, 1.82) is 0 Å². The van der Waals surface area contributed by atoms with Crippen molar-refractivity contribution in [2.75, 3.05) is 11.1 Å². The third kappa shape index (κ3) is 6.61. The van der Waals surface area contributed by atoms with Gasteiger partial charge in [-0.1, -0.05) is 53.2 Å². The zero-order valence-electron chi connectivity index (χ0n) is 21.7. The molecule has 0 spiro atoms. The van der Waals surface area contributed by atoms with Gasteiger partial charge in [-0.2, -0.15) is 0 Å². The number of carbonyl (C=O) groups excluding carboxylic acids is 2. The van der Waals surface area contributed by atoms with Crippen LogP contribution < -0.4 is 10.6 Å². The van der Waals surface area contributed by atoms with E-state index in [1.54, 1.807) is 22.8 Å². The van der Waals surface area contributed by atoms with Gasteiger partial charge in [-0.25, -0.2) is 0 Å². The zero-order valence-corrected chi connectivity index (χ0v) is 24.0. The molecule has 1 heterocycles. The Balaban J connectivity index is 1.56. The maximum absolute atomic E-state index is 12.9. The molecule has 0 radical (unpaired) electrons. The molecule has 2 N–H and O–H groups in total. The summed E-state index contributed by atoms with van der Waals surface area (Å²) in [5, 5.41) is 26.5. The maximum atomic E-state index is 12.9. The van der Waals surface area contributed by atoms with Gasteiger partial charge in [0.15, 0.2) is 11.0 Å². The molecule has 0 aliphatic rings. The summed E-state index contributed by atoms with van der Waals surface area (Å²) in [6.45, 7) is 5.33. The van der Waals surface area contributed by atoms with Gasteiger partial charge in [-0.3, -0.25) is 24.3 Å². The van der Waals surface area contributed by atoms with Gasteiger partial charge in [-0.05, 0) is 62.2 Å². The molecule has 40 heavy (non-hydrogen) atoms. The van der Waals surface area contributed by atoms with Crippen molar-refractivity contribution in [3.63, 3.8) is 0 Å². The second kappa shape index (κ2) is 12.5. The van der Waals surface area contributed by atoms with Gasteiger partial charge in [0.25, 0.3) is 11.6 Å². The van der Waals surface area contributed by atoms with Gasteiger partial charge in [0.05, 0.1) is 33.0 Å². The van der Waals surface area contributed by atoms with E-state index in [9.17, 15) is 19.7 Å². The number of rotatable bonds is 9. The number of amides is 2. The number of nitrogens with one attached hydrogen (secondary N) is 2. The van der Waals surface area contributed by atoms with Crippen LogP contribution in [0.25, 0.3) is 5.69 Å². The van der Waals surface area contributed by atoms with Crippen LogP contribution in [-0.2, 0) is 11.3 Å². The van der Waals surface area contributed by atoms with E-state index in [0.717, 1.165) is 28.6 Å². The van der Waals surface area contributed by atoms with E-state index < -0.39 is 10.8 Å². The number of halogens is 2. The third-order valence-corrected chi connectivity index (χ3v) is 7.68. The molecule has 2 amide bonds. The molecule has 0 atom stereocenters. The van der Waals surface area contributed by atoms with Crippen LogP contribution in [0.15, 0.2) is 59.8 Å². The fraction of sp³-hybridized carbons (Fsp3) is 0.185. The first-order valence-electron chi connectivity index (χ1n) is 12.0. The molecule has 0 bridgehead atoms. The number of thioether (sulfide) groups is 1. The Morgan fingerprint density at radius 3 is 2.52 bits per heavy atom. The van der Waals surface area contributed by atoms with Crippen LogP contribution in [0, 0.1) is 30.9 Å². The molecular formula is C27H24Cl2N6O4S. The van der Waals surface area contributed by atoms with E-state index in [0.29, 0.717) is 26.7 Å². The summed E-state index contributed by atoms with van der Waals surface area (Å²) in [6.07, 6.45) is 0. The Bertz CT molecular complexity index is 1620. The van der Waals surface area contributed by atoms with E-state index in [2.05, 4.69) is 20.8 Å². The summed E-state index contributed by atoms with van der Waals surface area (Å²) >= 11 is 13.5. The highest BCUT2D eigenvalue weighted by Gasteiger charge is 2.21. The normalized spacial score (nSPS) is 10.8. The van der Waals surface area contributed by atoms with E-state index in [1.165, 1.54) is 25.1 Å². The topological polar surface area (TPSA) is 132 Å². The van der Waals surface area contributed by atoms with Crippen molar-refractivity contribution in [2.45, 2.75) is 32.5 Å². The van der Waals surface area contributed by atoms with Gasteiger partial charge in [-0.15, -0.1) is 10.2 Å². The first-order chi connectivity index (χ1) is 19.0. The lowest BCUT2D eigenvalue weighted by Gasteiger charge is -2.13. The minimum atomic E-state index is -0.535. The van der Waals surface area contributed by atoms with Crippen molar-refractivity contribution < 1.29 is 14.5 Å². The number of benzene rings is 3. The summed E-state index contributed by atoms with van der Waals surface area (Å²) in [4.78, 5) is 36.4. The van der Waals surface area contributed by atoms with Gasteiger partial charge < -0.3 is 10.6 Å². The number of nitro benzene ring substituents is 1.